The normalized spacial score (nSPS) is 16.1. The van der Waals surface area contributed by atoms with Gasteiger partial charge in [-0.3, -0.25) is 9.89 Å². The number of aryl methyl sites for hydroxylation is 1. The molecule has 1 aliphatic rings. The average Bonchev–Trinajstić information content (AvgIpc) is 3.46. The lowest BCUT2D eigenvalue weighted by Crippen LogP contribution is -2.43. The van der Waals surface area contributed by atoms with Crippen LogP contribution in [0.3, 0.4) is 0 Å². The van der Waals surface area contributed by atoms with Gasteiger partial charge >= 0.3 is 0 Å². The molecule has 0 aromatic heterocycles. The van der Waals surface area contributed by atoms with Gasteiger partial charge in [0, 0.05) is 46.4 Å². The van der Waals surface area contributed by atoms with Gasteiger partial charge in [-0.15, -0.1) is 0 Å². The van der Waals surface area contributed by atoms with Gasteiger partial charge in [-0.05, 0) is 31.2 Å². The second kappa shape index (κ2) is 10.4. The van der Waals surface area contributed by atoms with E-state index in [1.165, 1.54) is 24.0 Å². The van der Waals surface area contributed by atoms with E-state index in [-0.39, 0.29) is 0 Å². The third-order valence-corrected chi connectivity index (χ3v) is 4.78. The first-order valence-electron chi connectivity index (χ1n) is 9.38. The summed E-state index contributed by atoms with van der Waals surface area (Å²) in [5.74, 6) is 1.32. The first kappa shape index (κ1) is 19.7. The molecule has 1 atom stereocenters. The zero-order valence-electron chi connectivity index (χ0n) is 16.2. The van der Waals surface area contributed by atoms with Crippen molar-refractivity contribution >= 4 is 5.96 Å². The molecule has 1 aromatic carbocycles. The Hall–Kier alpha value is -1.59. The molecule has 1 aliphatic carbocycles. The third kappa shape index (κ3) is 7.04. The maximum Gasteiger partial charge on any atom is 0.191 e. The Morgan fingerprint density at radius 3 is 2.56 bits per heavy atom. The number of benzene rings is 1. The van der Waals surface area contributed by atoms with Crippen molar-refractivity contribution in [3.63, 3.8) is 0 Å². The number of aliphatic imine (C=N–C) groups is 1. The highest BCUT2D eigenvalue weighted by Gasteiger charge is 2.28. The molecule has 0 aliphatic heterocycles. The van der Waals surface area contributed by atoms with E-state index in [0.717, 1.165) is 44.8 Å². The van der Waals surface area contributed by atoms with Crippen LogP contribution in [0.1, 0.15) is 36.8 Å². The SMILES string of the molecule is CN=C(NCCN(CCOC)C1CC1)NCC(C)c1ccc(C)cc1. The highest BCUT2D eigenvalue weighted by molar-refractivity contribution is 5.79. The Labute approximate surface area is 152 Å². The van der Waals surface area contributed by atoms with E-state index in [9.17, 15) is 0 Å². The van der Waals surface area contributed by atoms with Crippen LogP contribution in [0.15, 0.2) is 29.3 Å². The molecule has 5 nitrogen and oxygen atoms in total. The molecule has 0 bridgehead atoms. The van der Waals surface area contributed by atoms with E-state index in [2.05, 4.69) is 58.6 Å². The van der Waals surface area contributed by atoms with E-state index in [0.29, 0.717) is 5.92 Å². The van der Waals surface area contributed by atoms with Gasteiger partial charge in [-0.2, -0.15) is 0 Å². The minimum Gasteiger partial charge on any atom is -0.383 e. The fourth-order valence-corrected chi connectivity index (χ4v) is 2.93. The molecule has 1 fully saturated rings. The summed E-state index contributed by atoms with van der Waals surface area (Å²) in [5.41, 5.74) is 2.66. The maximum absolute atomic E-state index is 5.21. The summed E-state index contributed by atoms with van der Waals surface area (Å²) in [6.45, 7) is 8.98. The highest BCUT2D eigenvalue weighted by Crippen LogP contribution is 2.25. The van der Waals surface area contributed by atoms with Crippen molar-refractivity contribution in [1.29, 1.82) is 0 Å². The van der Waals surface area contributed by atoms with E-state index < -0.39 is 0 Å². The summed E-state index contributed by atoms with van der Waals surface area (Å²) in [4.78, 5) is 6.85. The Bertz CT molecular complexity index is 525. The standard InChI is InChI=1S/C20H34N4O/c1-16-5-7-18(8-6-16)17(2)15-23-20(21-3)22-11-12-24(13-14-25-4)19-9-10-19/h5-8,17,19H,9-15H2,1-4H3,(H2,21,22,23). The summed E-state index contributed by atoms with van der Waals surface area (Å²) < 4.78 is 5.21. The van der Waals surface area contributed by atoms with Crippen molar-refractivity contribution < 1.29 is 4.74 Å². The summed E-state index contributed by atoms with van der Waals surface area (Å²) in [6, 6.07) is 9.52. The van der Waals surface area contributed by atoms with Crippen molar-refractivity contribution in [1.82, 2.24) is 15.5 Å². The predicted molar refractivity (Wildman–Crippen MR) is 105 cm³/mol. The number of rotatable bonds is 10. The van der Waals surface area contributed by atoms with E-state index >= 15 is 0 Å². The van der Waals surface area contributed by atoms with Crippen LogP contribution in [0, 0.1) is 6.92 Å². The van der Waals surface area contributed by atoms with Crippen molar-refractivity contribution in [2.45, 2.75) is 38.6 Å². The van der Waals surface area contributed by atoms with E-state index in [1.807, 2.05) is 7.05 Å². The number of hydrogen-bond donors (Lipinski definition) is 2. The van der Waals surface area contributed by atoms with Crippen molar-refractivity contribution in [3.05, 3.63) is 35.4 Å². The Morgan fingerprint density at radius 1 is 1.24 bits per heavy atom. The van der Waals surface area contributed by atoms with Gasteiger partial charge in [-0.1, -0.05) is 36.8 Å². The van der Waals surface area contributed by atoms with Crippen molar-refractivity contribution in [3.8, 4) is 0 Å². The predicted octanol–water partition coefficient (Wildman–Crippen LogP) is 2.37. The Kier molecular flexibility index (Phi) is 8.22. The fraction of sp³-hybridized carbons (Fsp3) is 0.650. The lowest BCUT2D eigenvalue weighted by molar-refractivity contribution is 0.144. The van der Waals surface area contributed by atoms with Crippen LogP contribution in [0.25, 0.3) is 0 Å². The first-order valence-corrected chi connectivity index (χ1v) is 9.38. The first-order chi connectivity index (χ1) is 12.1. The lowest BCUT2D eigenvalue weighted by Gasteiger charge is -2.22. The van der Waals surface area contributed by atoms with Gasteiger partial charge in [0.05, 0.1) is 6.61 Å². The van der Waals surface area contributed by atoms with Gasteiger partial charge < -0.3 is 15.4 Å². The molecule has 0 amide bonds. The van der Waals surface area contributed by atoms with Crippen LogP contribution in [-0.4, -0.2) is 63.8 Å². The van der Waals surface area contributed by atoms with E-state index in [4.69, 9.17) is 4.74 Å². The van der Waals surface area contributed by atoms with Gasteiger partial charge in [0.25, 0.3) is 0 Å². The van der Waals surface area contributed by atoms with Gasteiger partial charge in [0.1, 0.15) is 0 Å². The molecule has 2 rings (SSSR count). The van der Waals surface area contributed by atoms with Crippen LogP contribution in [-0.2, 0) is 4.74 Å². The molecule has 0 heterocycles. The number of nitrogens with one attached hydrogen (secondary N) is 2. The van der Waals surface area contributed by atoms with Crippen LogP contribution in [0.5, 0.6) is 0 Å². The molecule has 1 aromatic rings. The Balaban J connectivity index is 1.70. The van der Waals surface area contributed by atoms with Gasteiger partial charge in [-0.25, -0.2) is 0 Å². The van der Waals surface area contributed by atoms with Crippen molar-refractivity contribution in [2.75, 3.05) is 46.9 Å². The van der Waals surface area contributed by atoms with E-state index in [1.54, 1.807) is 7.11 Å². The summed E-state index contributed by atoms with van der Waals surface area (Å²) in [6.07, 6.45) is 2.65. The monoisotopic (exact) mass is 346 g/mol. The topological polar surface area (TPSA) is 48.9 Å². The number of nitrogens with zero attached hydrogens (tertiary/aromatic N) is 2. The molecule has 0 saturated heterocycles. The molecule has 140 valence electrons. The van der Waals surface area contributed by atoms with Crippen molar-refractivity contribution in [2.24, 2.45) is 4.99 Å². The van der Waals surface area contributed by atoms with Gasteiger partial charge in [0.2, 0.25) is 0 Å². The quantitative estimate of drug-likeness (QED) is 0.504. The molecule has 1 saturated carbocycles. The number of guanidine groups is 1. The maximum atomic E-state index is 5.21. The van der Waals surface area contributed by atoms with Crippen LogP contribution < -0.4 is 10.6 Å². The minimum absolute atomic E-state index is 0.448. The summed E-state index contributed by atoms with van der Waals surface area (Å²) in [5, 5.41) is 6.87. The third-order valence-electron chi connectivity index (χ3n) is 4.78. The lowest BCUT2D eigenvalue weighted by atomic mass is 10.0. The fourth-order valence-electron chi connectivity index (χ4n) is 2.93. The average molecular weight is 347 g/mol. The molecule has 5 heteroatoms. The number of hydrogen-bond acceptors (Lipinski definition) is 3. The number of ether oxygens (including phenoxy) is 1. The largest absolute Gasteiger partial charge is 0.383 e. The zero-order chi connectivity index (χ0) is 18.1. The molecule has 0 radical (unpaired) electrons. The van der Waals surface area contributed by atoms with Crippen LogP contribution in [0.4, 0.5) is 0 Å². The molecule has 0 spiro atoms. The molecular formula is C20H34N4O. The minimum atomic E-state index is 0.448. The summed E-state index contributed by atoms with van der Waals surface area (Å²) in [7, 11) is 3.60. The zero-order valence-corrected chi connectivity index (χ0v) is 16.2. The molecular weight excluding hydrogens is 312 g/mol. The summed E-state index contributed by atoms with van der Waals surface area (Å²) >= 11 is 0. The molecule has 1 unspecified atom stereocenters. The van der Waals surface area contributed by atoms with Crippen LogP contribution >= 0.6 is 0 Å². The second-order valence-corrected chi connectivity index (χ2v) is 6.95. The Morgan fingerprint density at radius 2 is 1.96 bits per heavy atom. The number of methoxy groups -OCH3 is 1. The highest BCUT2D eigenvalue weighted by atomic mass is 16.5. The molecule has 2 N–H and O–H groups in total. The second-order valence-electron chi connectivity index (χ2n) is 6.95. The smallest absolute Gasteiger partial charge is 0.191 e. The molecule has 25 heavy (non-hydrogen) atoms. The van der Waals surface area contributed by atoms with Crippen LogP contribution in [0.2, 0.25) is 0 Å². The van der Waals surface area contributed by atoms with Gasteiger partial charge in [0.15, 0.2) is 5.96 Å².